The Kier molecular flexibility index (Phi) is 6.82. The molecule has 1 aliphatic heterocycles. The monoisotopic (exact) mass is 411 g/mol. The van der Waals surface area contributed by atoms with Crippen LogP contribution in [0.3, 0.4) is 0 Å². The zero-order valence-electron chi connectivity index (χ0n) is 16.9. The average Bonchev–Trinajstić information content (AvgIpc) is 3.44. The first-order valence-electron chi connectivity index (χ1n) is 10.2. The highest BCUT2D eigenvalue weighted by atomic mass is 32.1. The van der Waals surface area contributed by atoms with Gasteiger partial charge in [-0.25, -0.2) is 0 Å². The van der Waals surface area contributed by atoms with Crippen molar-refractivity contribution in [3.8, 4) is 0 Å². The van der Waals surface area contributed by atoms with Gasteiger partial charge in [0, 0.05) is 55.2 Å². The summed E-state index contributed by atoms with van der Waals surface area (Å²) >= 11 is 1.81. The predicted molar refractivity (Wildman–Crippen MR) is 121 cm³/mol. The Bertz CT molecular complexity index is 914. The summed E-state index contributed by atoms with van der Waals surface area (Å²) in [4.78, 5) is 11.6. The number of rotatable bonds is 7. The van der Waals surface area contributed by atoms with Gasteiger partial charge < -0.3 is 20.4 Å². The maximum absolute atomic E-state index is 5.54. The van der Waals surface area contributed by atoms with Crippen LogP contribution < -0.4 is 10.6 Å². The number of hydrogen-bond acceptors (Lipinski definition) is 4. The summed E-state index contributed by atoms with van der Waals surface area (Å²) in [6, 6.07) is 13.1. The molecule has 154 valence electrons. The minimum absolute atomic E-state index is 0.339. The van der Waals surface area contributed by atoms with E-state index in [9.17, 15) is 0 Å². The first-order valence-corrected chi connectivity index (χ1v) is 11.1. The second-order valence-corrected chi connectivity index (χ2v) is 8.15. The van der Waals surface area contributed by atoms with Crippen molar-refractivity contribution in [3.63, 3.8) is 0 Å². The second kappa shape index (κ2) is 9.91. The van der Waals surface area contributed by atoms with E-state index in [2.05, 4.69) is 73.5 Å². The Morgan fingerprint density at radius 1 is 1.21 bits per heavy atom. The third-order valence-electron chi connectivity index (χ3n) is 5.41. The van der Waals surface area contributed by atoms with Crippen LogP contribution in [0, 0.1) is 0 Å². The van der Waals surface area contributed by atoms with E-state index in [1.54, 1.807) is 0 Å². The molecule has 7 heteroatoms. The summed E-state index contributed by atoms with van der Waals surface area (Å²) in [5.41, 5.74) is 2.52. The molecule has 0 aliphatic carbocycles. The fourth-order valence-electron chi connectivity index (χ4n) is 3.85. The number of H-pyrrole nitrogens is 1. The molecule has 2 aromatic heterocycles. The Hall–Kier alpha value is -2.35. The van der Waals surface area contributed by atoms with Crippen LogP contribution in [-0.2, 0) is 11.2 Å². The molecule has 0 spiro atoms. The normalized spacial score (nSPS) is 16.8. The summed E-state index contributed by atoms with van der Waals surface area (Å²) in [6.45, 7) is 5.21. The molecule has 0 radical (unpaired) electrons. The smallest absolute Gasteiger partial charge is 0.191 e. The molecule has 3 heterocycles. The van der Waals surface area contributed by atoms with E-state index < -0.39 is 0 Å². The van der Waals surface area contributed by atoms with Gasteiger partial charge in [-0.2, -0.15) is 0 Å². The number of hydrogen-bond donors (Lipinski definition) is 3. The van der Waals surface area contributed by atoms with Crippen LogP contribution in [0.25, 0.3) is 10.9 Å². The Morgan fingerprint density at radius 2 is 2.07 bits per heavy atom. The number of thiophene rings is 1. The van der Waals surface area contributed by atoms with Crippen LogP contribution in [0.5, 0.6) is 0 Å². The van der Waals surface area contributed by atoms with E-state index in [1.165, 1.54) is 21.3 Å². The second-order valence-electron chi connectivity index (χ2n) is 7.17. The molecule has 1 saturated heterocycles. The van der Waals surface area contributed by atoms with E-state index in [1.807, 2.05) is 18.4 Å². The molecular formula is C22H29N5OS. The quantitative estimate of drug-likeness (QED) is 0.413. The highest BCUT2D eigenvalue weighted by Gasteiger charge is 2.23. The van der Waals surface area contributed by atoms with Crippen molar-refractivity contribution in [3.05, 3.63) is 58.4 Å². The molecule has 29 heavy (non-hydrogen) atoms. The number of benzene rings is 1. The molecule has 0 saturated carbocycles. The van der Waals surface area contributed by atoms with Gasteiger partial charge in [0.1, 0.15) is 0 Å². The van der Waals surface area contributed by atoms with E-state index in [0.29, 0.717) is 6.04 Å². The van der Waals surface area contributed by atoms with Gasteiger partial charge in [-0.05, 0) is 29.5 Å². The number of aromatic nitrogens is 1. The molecule has 3 N–H and O–H groups in total. The predicted octanol–water partition coefficient (Wildman–Crippen LogP) is 3.01. The summed E-state index contributed by atoms with van der Waals surface area (Å²) in [7, 11) is 1.83. The summed E-state index contributed by atoms with van der Waals surface area (Å²) < 4.78 is 5.54. The minimum Gasteiger partial charge on any atom is -0.379 e. The van der Waals surface area contributed by atoms with Crippen molar-refractivity contribution < 1.29 is 4.74 Å². The molecular weight excluding hydrogens is 382 g/mol. The van der Waals surface area contributed by atoms with E-state index in [-0.39, 0.29) is 0 Å². The first-order chi connectivity index (χ1) is 14.3. The Labute approximate surface area is 176 Å². The van der Waals surface area contributed by atoms with Gasteiger partial charge in [0.05, 0.1) is 19.3 Å². The number of morpholine rings is 1. The number of nitrogens with one attached hydrogen (secondary N) is 3. The summed E-state index contributed by atoms with van der Waals surface area (Å²) in [6.07, 6.45) is 3.05. The summed E-state index contributed by atoms with van der Waals surface area (Å²) in [5, 5.41) is 10.4. The largest absolute Gasteiger partial charge is 0.379 e. The van der Waals surface area contributed by atoms with Crippen LogP contribution in [-0.4, -0.2) is 62.3 Å². The van der Waals surface area contributed by atoms with Crippen LogP contribution in [0.15, 0.2) is 53.0 Å². The number of fused-ring (bicyclic) bond motifs is 1. The molecule has 0 bridgehead atoms. The lowest BCUT2D eigenvalue weighted by molar-refractivity contribution is 0.0177. The highest BCUT2D eigenvalue weighted by molar-refractivity contribution is 7.10. The molecule has 1 aromatic carbocycles. The van der Waals surface area contributed by atoms with Gasteiger partial charge >= 0.3 is 0 Å². The zero-order chi connectivity index (χ0) is 19.9. The Balaban J connectivity index is 1.32. The van der Waals surface area contributed by atoms with Crippen LogP contribution in [0.4, 0.5) is 0 Å². The molecule has 1 fully saturated rings. The zero-order valence-corrected chi connectivity index (χ0v) is 17.7. The number of ether oxygens (including phenoxy) is 1. The van der Waals surface area contributed by atoms with Crippen molar-refractivity contribution in [1.29, 1.82) is 0 Å². The fraction of sp³-hybridized carbons (Fsp3) is 0.409. The van der Waals surface area contributed by atoms with Crippen molar-refractivity contribution in [1.82, 2.24) is 20.5 Å². The number of guanidine groups is 1. The van der Waals surface area contributed by atoms with Crippen LogP contribution in [0.1, 0.15) is 16.5 Å². The highest BCUT2D eigenvalue weighted by Crippen LogP contribution is 2.25. The van der Waals surface area contributed by atoms with Crippen molar-refractivity contribution in [2.75, 3.05) is 46.4 Å². The molecule has 0 amide bonds. The molecule has 1 unspecified atom stereocenters. The lowest BCUT2D eigenvalue weighted by atomic mass is 10.1. The maximum atomic E-state index is 5.54. The standard InChI is InChI=1S/C22H29N5OS/c1-23-22(24-9-8-17-15-25-19-6-3-2-5-18(17)19)26-16-20(21-7-4-14-29-21)27-10-12-28-13-11-27/h2-7,14-15,20,25H,8-13,16H2,1H3,(H2,23,24,26). The molecule has 4 rings (SSSR count). The van der Waals surface area contributed by atoms with Gasteiger partial charge in [0.2, 0.25) is 0 Å². The van der Waals surface area contributed by atoms with Gasteiger partial charge in [0.25, 0.3) is 0 Å². The fourth-order valence-corrected chi connectivity index (χ4v) is 4.71. The lowest BCUT2D eigenvalue weighted by Gasteiger charge is -2.34. The van der Waals surface area contributed by atoms with Gasteiger partial charge in [0.15, 0.2) is 5.96 Å². The van der Waals surface area contributed by atoms with E-state index >= 15 is 0 Å². The van der Waals surface area contributed by atoms with E-state index in [0.717, 1.165) is 51.8 Å². The van der Waals surface area contributed by atoms with Crippen molar-refractivity contribution >= 4 is 28.2 Å². The minimum atomic E-state index is 0.339. The number of nitrogens with zero attached hydrogens (tertiary/aromatic N) is 2. The van der Waals surface area contributed by atoms with Crippen LogP contribution >= 0.6 is 11.3 Å². The van der Waals surface area contributed by atoms with Crippen molar-refractivity contribution in [2.24, 2.45) is 4.99 Å². The van der Waals surface area contributed by atoms with Crippen LogP contribution in [0.2, 0.25) is 0 Å². The van der Waals surface area contributed by atoms with E-state index in [4.69, 9.17) is 4.74 Å². The maximum Gasteiger partial charge on any atom is 0.191 e. The molecule has 1 aliphatic rings. The third-order valence-corrected chi connectivity index (χ3v) is 6.38. The third kappa shape index (κ3) is 4.98. The van der Waals surface area contributed by atoms with Crippen molar-refractivity contribution in [2.45, 2.75) is 12.5 Å². The molecule has 1 atom stereocenters. The van der Waals surface area contributed by atoms with Gasteiger partial charge in [-0.1, -0.05) is 24.3 Å². The van der Waals surface area contributed by atoms with Gasteiger partial charge in [-0.3, -0.25) is 9.89 Å². The SMILES string of the molecule is CN=C(NCCc1c[nH]c2ccccc12)NCC(c1cccs1)N1CCOCC1. The van der Waals surface area contributed by atoms with Gasteiger partial charge in [-0.15, -0.1) is 11.3 Å². The number of aromatic amines is 1. The molecule has 6 nitrogen and oxygen atoms in total. The first kappa shape index (κ1) is 19.9. The Morgan fingerprint density at radius 3 is 2.86 bits per heavy atom. The summed E-state index contributed by atoms with van der Waals surface area (Å²) in [5.74, 6) is 0.847. The topological polar surface area (TPSA) is 64.7 Å². The number of para-hydroxylation sites is 1. The average molecular weight is 412 g/mol. The lowest BCUT2D eigenvalue weighted by Crippen LogP contribution is -2.46. The number of aliphatic imine (C=N–C) groups is 1. The molecule has 3 aromatic rings.